The van der Waals surface area contributed by atoms with Crippen molar-refractivity contribution in [3.63, 3.8) is 0 Å². The largest absolute Gasteiger partial charge is 0.333 e. The third-order valence-corrected chi connectivity index (χ3v) is 2.99. The number of nitro benzene ring substituents is 1. The van der Waals surface area contributed by atoms with Gasteiger partial charge in [-0.3, -0.25) is 10.1 Å². The number of nitro groups is 1. The van der Waals surface area contributed by atoms with E-state index in [0.717, 1.165) is 18.7 Å². The van der Waals surface area contributed by atoms with Gasteiger partial charge in [-0.25, -0.2) is 4.98 Å². The molecule has 0 atom stereocenters. The van der Waals surface area contributed by atoms with Crippen LogP contribution in [0.25, 0.3) is 0 Å². The number of benzene rings is 1. The molecule has 2 aromatic rings. The lowest BCUT2D eigenvalue weighted by Gasteiger charge is -2.03. The molecule has 0 spiro atoms. The normalized spacial score (nSPS) is 10.8. The van der Waals surface area contributed by atoms with E-state index in [2.05, 4.69) is 17.2 Å². The van der Waals surface area contributed by atoms with Crippen molar-refractivity contribution in [2.75, 3.05) is 6.54 Å². The summed E-state index contributed by atoms with van der Waals surface area (Å²) in [6.07, 6.45) is 4.60. The Kier molecular flexibility index (Phi) is 4.99. The molecule has 2 rings (SSSR count). The molecule has 0 aliphatic carbocycles. The predicted molar refractivity (Wildman–Crippen MR) is 76.4 cm³/mol. The summed E-state index contributed by atoms with van der Waals surface area (Å²) in [4.78, 5) is 14.1. The molecular weight excluding hydrogens is 275 g/mol. The zero-order valence-corrected chi connectivity index (χ0v) is 11.8. The molecule has 21 heavy (non-hydrogen) atoms. The van der Waals surface area contributed by atoms with Gasteiger partial charge in [0.1, 0.15) is 0 Å². The molecule has 1 heterocycles. The van der Waals surface area contributed by atoms with Crippen molar-refractivity contribution >= 4 is 5.69 Å². The van der Waals surface area contributed by atoms with Crippen molar-refractivity contribution in [2.24, 2.45) is 0 Å². The molecule has 0 radical (unpaired) electrons. The smallest absolute Gasteiger partial charge is 0.304 e. The summed E-state index contributed by atoms with van der Waals surface area (Å²) in [6, 6.07) is 3.93. The van der Waals surface area contributed by atoms with E-state index in [9.17, 15) is 14.5 Å². The Labute approximate surface area is 121 Å². The number of nitrogens with zero attached hydrogens (tertiary/aromatic N) is 3. The van der Waals surface area contributed by atoms with Gasteiger partial charge in [-0.2, -0.15) is 4.39 Å². The summed E-state index contributed by atoms with van der Waals surface area (Å²) in [7, 11) is 0. The number of hydrogen-bond donors (Lipinski definition) is 1. The molecule has 0 saturated carbocycles. The van der Waals surface area contributed by atoms with Crippen LogP contribution in [0.3, 0.4) is 0 Å². The van der Waals surface area contributed by atoms with Crippen LogP contribution in [-0.2, 0) is 13.1 Å². The first kappa shape index (κ1) is 15.1. The summed E-state index contributed by atoms with van der Waals surface area (Å²) < 4.78 is 15.4. The fourth-order valence-corrected chi connectivity index (χ4v) is 1.99. The van der Waals surface area contributed by atoms with Crippen molar-refractivity contribution in [1.82, 2.24) is 14.9 Å². The van der Waals surface area contributed by atoms with Crippen LogP contribution in [0.1, 0.15) is 24.6 Å². The van der Waals surface area contributed by atoms with Crippen molar-refractivity contribution in [3.8, 4) is 0 Å². The minimum atomic E-state index is -0.817. The average molecular weight is 292 g/mol. The Bertz CT molecular complexity index is 627. The molecule has 0 fully saturated rings. The molecule has 0 aliphatic rings. The highest BCUT2D eigenvalue weighted by molar-refractivity contribution is 5.35. The second-order valence-corrected chi connectivity index (χ2v) is 4.76. The van der Waals surface area contributed by atoms with Crippen molar-refractivity contribution in [1.29, 1.82) is 0 Å². The highest BCUT2D eigenvalue weighted by Gasteiger charge is 2.13. The number of aromatic nitrogens is 2. The van der Waals surface area contributed by atoms with Crippen LogP contribution in [0.5, 0.6) is 0 Å². The van der Waals surface area contributed by atoms with Crippen LogP contribution in [0, 0.1) is 15.9 Å². The van der Waals surface area contributed by atoms with E-state index < -0.39 is 16.4 Å². The number of nitrogens with one attached hydrogen (secondary N) is 1. The van der Waals surface area contributed by atoms with Gasteiger partial charge in [0.25, 0.3) is 0 Å². The lowest BCUT2D eigenvalue weighted by molar-refractivity contribution is -0.387. The Hall–Kier alpha value is -2.28. The lowest BCUT2D eigenvalue weighted by atomic mass is 10.2. The van der Waals surface area contributed by atoms with Crippen LogP contribution in [-0.4, -0.2) is 21.0 Å². The molecule has 0 aliphatic heterocycles. The maximum atomic E-state index is 13.5. The molecule has 6 nitrogen and oxygen atoms in total. The Morgan fingerprint density at radius 1 is 1.48 bits per heavy atom. The molecule has 0 amide bonds. The van der Waals surface area contributed by atoms with Gasteiger partial charge in [-0.05, 0) is 24.6 Å². The van der Waals surface area contributed by atoms with Gasteiger partial charge in [0.15, 0.2) is 0 Å². The van der Waals surface area contributed by atoms with Gasteiger partial charge in [-0.1, -0.05) is 13.0 Å². The van der Waals surface area contributed by atoms with E-state index >= 15 is 0 Å². The van der Waals surface area contributed by atoms with E-state index in [1.807, 2.05) is 10.8 Å². The molecule has 112 valence electrons. The molecular formula is C14H17FN4O2. The van der Waals surface area contributed by atoms with Crippen molar-refractivity contribution in [3.05, 3.63) is 57.9 Å². The highest BCUT2D eigenvalue weighted by Crippen LogP contribution is 2.18. The third kappa shape index (κ3) is 4.09. The summed E-state index contributed by atoms with van der Waals surface area (Å²) >= 11 is 0. The molecule has 1 N–H and O–H groups in total. The van der Waals surface area contributed by atoms with E-state index in [-0.39, 0.29) is 0 Å². The van der Waals surface area contributed by atoms with Crippen LogP contribution >= 0.6 is 0 Å². The summed E-state index contributed by atoms with van der Waals surface area (Å²) in [5.41, 5.74) is 1.06. The van der Waals surface area contributed by atoms with Crippen molar-refractivity contribution in [2.45, 2.75) is 26.4 Å². The second-order valence-electron chi connectivity index (χ2n) is 4.76. The van der Waals surface area contributed by atoms with Gasteiger partial charge < -0.3 is 9.88 Å². The van der Waals surface area contributed by atoms with Gasteiger partial charge in [0, 0.05) is 25.4 Å². The van der Waals surface area contributed by atoms with Gasteiger partial charge >= 0.3 is 5.69 Å². The van der Waals surface area contributed by atoms with E-state index in [1.165, 1.54) is 12.1 Å². The quantitative estimate of drug-likeness (QED) is 0.483. The minimum Gasteiger partial charge on any atom is -0.333 e. The van der Waals surface area contributed by atoms with Gasteiger partial charge in [-0.15, -0.1) is 0 Å². The monoisotopic (exact) mass is 292 g/mol. The van der Waals surface area contributed by atoms with Gasteiger partial charge in [0.2, 0.25) is 5.82 Å². The maximum Gasteiger partial charge on any atom is 0.304 e. The first-order valence-electron chi connectivity index (χ1n) is 6.74. The van der Waals surface area contributed by atoms with Crippen LogP contribution in [0.2, 0.25) is 0 Å². The Balaban J connectivity index is 2.01. The van der Waals surface area contributed by atoms with Crippen LogP contribution < -0.4 is 5.32 Å². The van der Waals surface area contributed by atoms with E-state index in [0.29, 0.717) is 18.7 Å². The standard InChI is InChI=1S/C14H17FN4O2/c1-2-5-16-7-12-9-18(10-17-12)8-11-3-4-14(19(20)21)13(15)6-11/h3-4,6,9-10,16H,2,5,7-8H2,1H3. The molecule has 1 aromatic carbocycles. The molecule has 7 heteroatoms. The fraction of sp³-hybridized carbons (Fsp3) is 0.357. The Morgan fingerprint density at radius 2 is 2.29 bits per heavy atom. The van der Waals surface area contributed by atoms with Crippen LogP contribution in [0.4, 0.5) is 10.1 Å². The summed E-state index contributed by atoms with van der Waals surface area (Å²) in [5.74, 6) is -0.817. The predicted octanol–water partition coefficient (Wildman–Crippen LogP) is 2.48. The zero-order chi connectivity index (χ0) is 15.2. The second kappa shape index (κ2) is 6.94. The Morgan fingerprint density at radius 3 is 2.95 bits per heavy atom. The first-order chi connectivity index (χ1) is 10.1. The zero-order valence-electron chi connectivity index (χ0n) is 11.8. The minimum absolute atomic E-state index is 0.426. The summed E-state index contributed by atoms with van der Waals surface area (Å²) in [6.45, 7) is 4.14. The number of hydrogen-bond acceptors (Lipinski definition) is 4. The molecule has 0 unspecified atom stereocenters. The SMILES string of the molecule is CCCNCc1cn(Cc2ccc([N+](=O)[O-])c(F)c2)cn1. The molecule has 1 aromatic heterocycles. The highest BCUT2D eigenvalue weighted by atomic mass is 19.1. The maximum absolute atomic E-state index is 13.5. The van der Waals surface area contributed by atoms with E-state index in [4.69, 9.17) is 0 Å². The first-order valence-corrected chi connectivity index (χ1v) is 6.74. The summed E-state index contributed by atoms with van der Waals surface area (Å²) in [5, 5.41) is 13.8. The third-order valence-electron chi connectivity index (χ3n) is 2.99. The lowest BCUT2D eigenvalue weighted by Crippen LogP contribution is -2.13. The molecule has 0 saturated heterocycles. The average Bonchev–Trinajstić information content (AvgIpc) is 2.86. The van der Waals surface area contributed by atoms with Crippen LogP contribution in [0.15, 0.2) is 30.7 Å². The fourth-order valence-electron chi connectivity index (χ4n) is 1.99. The van der Waals surface area contributed by atoms with Crippen molar-refractivity contribution < 1.29 is 9.31 Å². The molecule has 0 bridgehead atoms. The number of imidazole rings is 1. The number of halogens is 1. The number of rotatable bonds is 7. The van der Waals surface area contributed by atoms with Gasteiger partial charge in [0.05, 0.1) is 16.9 Å². The topological polar surface area (TPSA) is 73.0 Å². The van der Waals surface area contributed by atoms with E-state index in [1.54, 1.807) is 12.4 Å².